The molecule has 0 fully saturated rings. The van der Waals surface area contributed by atoms with Crippen molar-refractivity contribution in [1.82, 2.24) is 24.6 Å². The van der Waals surface area contributed by atoms with Crippen molar-refractivity contribution >= 4 is 11.5 Å². The second-order valence-corrected chi connectivity index (χ2v) is 9.00. The first kappa shape index (κ1) is 23.5. The van der Waals surface area contributed by atoms with E-state index in [1.54, 1.807) is 19.5 Å². The number of benzene rings is 2. The summed E-state index contributed by atoms with van der Waals surface area (Å²) in [5.74, 6) is 1.34. The van der Waals surface area contributed by atoms with Gasteiger partial charge in [0.1, 0.15) is 6.54 Å². The molecule has 0 saturated carbocycles. The van der Waals surface area contributed by atoms with Crippen molar-refractivity contribution < 1.29 is 9.53 Å². The van der Waals surface area contributed by atoms with Gasteiger partial charge < -0.3 is 9.64 Å². The summed E-state index contributed by atoms with van der Waals surface area (Å²) in [6, 6.07) is 18.5. The molecule has 36 heavy (non-hydrogen) atoms. The number of carbonyl (C=O) groups is 1. The Labute approximate surface area is 211 Å². The van der Waals surface area contributed by atoms with E-state index < -0.39 is 0 Å². The molecular formula is C29H29N5O2. The number of aryl methyl sites for hydroxylation is 2. The Morgan fingerprint density at radius 1 is 0.972 bits per heavy atom. The smallest absolute Gasteiger partial charge is 0.244 e. The maximum atomic E-state index is 13.3. The summed E-state index contributed by atoms with van der Waals surface area (Å²) in [6.07, 6.45) is 6.06. The highest BCUT2D eigenvalue weighted by Crippen LogP contribution is 2.28. The van der Waals surface area contributed by atoms with E-state index >= 15 is 0 Å². The van der Waals surface area contributed by atoms with Gasteiger partial charge in [-0.05, 0) is 54.7 Å². The fourth-order valence-corrected chi connectivity index (χ4v) is 4.33. The summed E-state index contributed by atoms with van der Waals surface area (Å²) in [4.78, 5) is 23.9. The normalized spacial score (nSPS) is 13.4. The van der Waals surface area contributed by atoms with Gasteiger partial charge in [0.2, 0.25) is 5.91 Å². The second-order valence-electron chi connectivity index (χ2n) is 9.00. The van der Waals surface area contributed by atoms with Gasteiger partial charge in [0.15, 0.2) is 11.6 Å². The molecule has 0 unspecified atom stereocenters. The Morgan fingerprint density at radius 3 is 2.42 bits per heavy atom. The number of aromatic nitrogens is 4. The third kappa shape index (κ3) is 4.91. The molecule has 0 aliphatic carbocycles. The third-order valence-corrected chi connectivity index (χ3v) is 6.65. The van der Waals surface area contributed by atoms with Crippen molar-refractivity contribution in [2.75, 3.05) is 20.2 Å². The highest BCUT2D eigenvalue weighted by Gasteiger charge is 2.22. The number of carbonyl (C=O) groups excluding carboxylic acids is 1. The molecule has 1 aliphatic rings. The Kier molecular flexibility index (Phi) is 6.62. The standard InChI is InChI=1S/C29H29N5O2/c1-20-9-10-24(15-21(20)2)26-16-27(22-7-5-4-6-8-22)34(32-26)19-28(35)33-13-11-23(12-14-33)29-30-17-25(36-3)18-31-29/h4-11,15-18H,12-14,19H2,1-3H3. The maximum Gasteiger partial charge on any atom is 0.244 e. The van der Waals surface area contributed by atoms with E-state index in [2.05, 4.69) is 48.1 Å². The maximum absolute atomic E-state index is 13.3. The van der Waals surface area contributed by atoms with Crippen molar-refractivity contribution in [2.24, 2.45) is 0 Å². The summed E-state index contributed by atoms with van der Waals surface area (Å²) >= 11 is 0. The van der Waals surface area contributed by atoms with E-state index in [1.807, 2.05) is 46.0 Å². The molecule has 182 valence electrons. The van der Waals surface area contributed by atoms with E-state index in [0.29, 0.717) is 31.1 Å². The molecule has 0 saturated heterocycles. The quantitative estimate of drug-likeness (QED) is 0.391. The molecule has 0 spiro atoms. The third-order valence-electron chi connectivity index (χ3n) is 6.65. The van der Waals surface area contributed by atoms with Crippen LogP contribution in [0.2, 0.25) is 0 Å². The Morgan fingerprint density at radius 2 is 1.75 bits per heavy atom. The number of ether oxygens (including phenoxy) is 1. The van der Waals surface area contributed by atoms with Crippen LogP contribution in [0.25, 0.3) is 28.1 Å². The SMILES string of the molecule is COc1cnc(C2=CCN(C(=O)Cn3nc(-c4ccc(C)c(C)c4)cc3-c3ccccc3)CC2)nc1. The monoisotopic (exact) mass is 479 g/mol. The lowest BCUT2D eigenvalue weighted by Crippen LogP contribution is -2.37. The zero-order valence-electron chi connectivity index (χ0n) is 20.8. The van der Waals surface area contributed by atoms with Crippen LogP contribution >= 0.6 is 0 Å². The molecule has 2 aromatic heterocycles. The highest BCUT2D eigenvalue weighted by atomic mass is 16.5. The predicted molar refractivity (Wildman–Crippen MR) is 140 cm³/mol. The lowest BCUT2D eigenvalue weighted by Gasteiger charge is -2.26. The number of rotatable bonds is 6. The zero-order chi connectivity index (χ0) is 25.1. The Bertz CT molecular complexity index is 1410. The van der Waals surface area contributed by atoms with Crippen LogP contribution in [0.4, 0.5) is 0 Å². The fourth-order valence-electron chi connectivity index (χ4n) is 4.33. The van der Waals surface area contributed by atoms with Crippen LogP contribution in [-0.2, 0) is 11.3 Å². The molecule has 0 N–H and O–H groups in total. The molecule has 0 bridgehead atoms. The first-order valence-corrected chi connectivity index (χ1v) is 12.1. The van der Waals surface area contributed by atoms with E-state index in [4.69, 9.17) is 9.84 Å². The molecule has 1 aliphatic heterocycles. The fraction of sp³-hybridized carbons (Fsp3) is 0.241. The number of hydrogen-bond acceptors (Lipinski definition) is 5. The van der Waals surface area contributed by atoms with Gasteiger partial charge in [0.05, 0.1) is 30.9 Å². The average Bonchev–Trinajstić information content (AvgIpc) is 3.34. The van der Waals surface area contributed by atoms with Crippen LogP contribution in [0.15, 0.2) is 73.1 Å². The topological polar surface area (TPSA) is 73.1 Å². The number of nitrogens with zero attached hydrogens (tertiary/aromatic N) is 5. The van der Waals surface area contributed by atoms with Crippen molar-refractivity contribution in [3.63, 3.8) is 0 Å². The molecule has 0 radical (unpaired) electrons. The summed E-state index contributed by atoms with van der Waals surface area (Å²) < 4.78 is 6.97. The van der Waals surface area contributed by atoms with Gasteiger partial charge in [0, 0.05) is 18.7 Å². The molecule has 7 heteroatoms. The van der Waals surface area contributed by atoms with Crippen LogP contribution in [0, 0.1) is 13.8 Å². The van der Waals surface area contributed by atoms with Crippen molar-refractivity contribution in [1.29, 1.82) is 0 Å². The van der Waals surface area contributed by atoms with Crippen LogP contribution in [-0.4, -0.2) is 50.8 Å². The Hall–Kier alpha value is -4.26. The van der Waals surface area contributed by atoms with Crippen molar-refractivity contribution in [2.45, 2.75) is 26.8 Å². The molecule has 2 aromatic carbocycles. The van der Waals surface area contributed by atoms with Gasteiger partial charge in [-0.2, -0.15) is 5.10 Å². The van der Waals surface area contributed by atoms with E-state index in [-0.39, 0.29) is 12.5 Å². The number of amides is 1. The molecule has 3 heterocycles. The molecule has 0 atom stereocenters. The first-order chi connectivity index (χ1) is 17.5. The molecule has 5 rings (SSSR count). The van der Waals surface area contributed by atoms with E-state index in [0.717, 1.165) is 28.1 Å². The van der Waals surface area contributed by atoms with Gasteiger partial charge in [-0.1, -0.05) is 48.5 Å². The van der Waals surface area contributed by atoms with Gasteiger partial charge in [-0.25, -0.2) is 9.97 Å². The number of hydrogen-bond donors (Lipinski definition) is 0. The summed E-state index contributed by atoms with van der Waals surface area (Å²) in [7, 11) is 1.59. The van der Waals surface area contributed by atoms with Gasteiger partial charge in [-0.15, -0.1) is 0 Å². The zero-order valence-corrected chi connectivity index (χ0v) is 20.8. The average molecular weight is 480 g/mol. The van der Waals surface area contributed by atoms with Gasteiger partial charge >= 0.3 is 0 Å². The minimum atomic E-state index is 0.0351. The molecular weight excluding hydrogens is 450 g/mol. The van der Waals surface area contributed by atoms with Gasteiger partial charge in [0.25, 0.3) is 0 Å². The Balaban J connectivity index is 1.37. The van der Waals surface area contributed by atoms with Crippen LogP contribution in [0.3, 0.4) is 0 Å². The predicted octanol–water partition coefficient (Wildman–Crippen LogP) is 4.95. The van der Waals surface area contributed by atoms with E-state index in [9.17, 15) is 4.79 Å². The summed E-state index contributed by atoms with van der Waals surface area (Å²) in [5.41, 5.74) is 7.38. The van der Waals surface area contributed by atoms with Crippen LogP contribution in [0.5, 0.6) is 5.75 Å². The van der Waals surface area contributed by atoms with Crippen molar-refractivity contribution in [3.05, 3.63) is 90.0 Å². The largest absolute Gasteiger partial charge is 0.494 e. The summed E-state index contributed by atoms with van der Waals surface area (Å²) in [6.45, 7) is 5.52. The van der Waals surface area contributed by atoms with Gasteiger partial charge in [-0.3, -0.25) is 9.48 Å². The van der Waals surface area contributed by atoms with Crippen LogP contribution < -0.4 is 4.74 Å². The first-order valence-electron chi connectivity index (χ1n) is 12.1. The summed E-state index contributed by atoms with van der Waals surface area (Å²) in [5, 5.41) is 4.86. The van der Waals surface area contributed by atoms with Crippen molar-refractivity contribution in [3.8, 4) is 28.3 Å². The minimum absolute atomic E-state index is 0.0351. The lowest BCUT2D eigenvalue weighted by atomic mass is 10.0. The molecule has 4 aromatic rings. The van der Waals surface area contributed by atoms with E-state index in [1.165, 1.54) is 11.1 Å². The second kappa shape index (κ2) is 10.2. The number of methoxy groups -OCH3 is 1. The highest BCUT2D eigenvalue weighted by molar-refractivity contribution is 5.79. The molecule has 7 nitrogen and oxygen atoms in total. The minimum Gasteiger partial charge on any atom is -0.494 e. The lowest BCUT2D eigenvalue weighted by molar-refractivity contribution is -0.131. The molecule has 1 amide bonds. The van der Waals surface area contributed by atoms with Crippen LogP contribution in [0.1, 0.15) is 23.4 Å².